The maximum Gasteiger partial charge on any atom is 0.339 e. The number of aliphatic hydroxyl groups is 1. The van der Waals surface area contributed by atoms with Crippen molar-refractivity contribution in [2.24, 2.45) is 28.6 Å². The normalized spacial score (nSPS) is 47.7. The fraction of sp³-hybridized carbons (Fsp3) is 0.704. The lowest BCUT2D eigenvalue weighted by Crippen LogP contribution is -2.73. The summed E-state index contributed by atoms with van der Waals surface area (Å²) in [6.07, 6.45) is -0.749. The first-order valence-corrected chi connectivity index (χ1v) is 12.8. The number of ketones is 1. The first-order valence-electron chi connectivity index (χ1n) is 12.8. The van der Waals surface area contributed by atoms with Gasteiger partial charge in [-0.25, -0.2) is 4.79 Å². The molecule has 1 unspecified atom stereocenters. The Morgan fingerprint density at radius 2 is 1.86 bits per heavy atom. The summed E-state index contributed by atoms with van der Waals surface area (Å²) >= 11 is 0. The predicted molar refractivity (Wildman–Crippen MR) is 122 cm³/mol. The lowest BCUT2D eigenvalue weighted by molar-refractivity contribution is -0.242. The molecule has 2 saturated carbocycles. The standard InChI is InChI=1S/C27H32O10/c1-12(28)34-18-10-19(31)36-24(2,3)16-9-17(30)26(5)21(25(16,18)4)15(29)8-14-20(13-6-7-33-11-13)35-23(32)22-27(14,26)37-22/h6-7,11,14-16,18,20-22,29H,8-10H2,1-5H3/t14?,15-,16-,18-,20-,21+,22+,25+,26+,27-/m0/s1. The lowest BCUT2D eigenvalue weighted by atomic mass is 9.38. The van der Waals surface area contributed by atoms with E-state index >= 15 is 0 Å². The van der Waals surface area contributed by atoms with Gasteiger partial charge in [0.2, 0.25) is 0 Å². The summed E-state index contributed by atoms with van der Waals surface area (Å²) in [7, 11) is 0. The molecule has 10 nitrogen and oxygen atoms in total. The Morgan fingerprint density at radius 1 is 1.14 bits per heavy atom. The van der Waals surface area contributed by atoms with E-state index in [1.54, 1.807) is 26.8 Å². The second kappa shape index (κ2) is 7.44. The zero-order chi connectivity index (χ0) is 26.7. The smallest absolute Gasteiger partial charge is 0.339 e. The molecule has 3 aliphatic heterocycles. The van der Waals surface area contributed by atoms with Crippen LogP contribution in [0.5, 0.6) is 0 Å². The van der Waals surface area contributed by atoms with Crippen LogP contribution >= 0.6 is 0 Å². The van der Waals surface area contributed by atoms with Crippen LogP contribution in [0.25, 0.3) is 0 Å². The van der Waals surface area contributed by atoms with Crippen LogP contribution in [-0.2, 0) is 38.1 Å². The van der Waals surface area contributed by atoms with Gasteiger partial charge < -0.3 is 28.5 Å². The molecule has 1 aromatic rings. The molecule has 0 bridgehead atoms. The highest BCUT2D eigenvalue weighted by Gasteiger charge is 2.86. The fourth-order valence-corrected chi connectivity index (χ4v) is 8.83. The van der Waals surface area contributed by atoms with Gasteiger partial charge >= 0.3 is 17.9 Å². The Hall–Kier alpha value is -2.72. The Balaban J connectivity index is 1.54. The second-order valence-corrected chi connectivity index (χ2v) is 12.2. The van der Waals surface area contributed by atoms with E-state index in [9.17, 15) is 24.3 Å². The number of hydrogen-bond donors (Lipinski definition) is 1. The van der Waals surface area contributed by atoms with Crippen molar-refractivity contribution in [1.82, 2.24) is 0 Å². The first-order chi connectivity index (χ1) is 17.3. The molecule has 10 heteroatoms. The van der Waals surface area contributed by atoms with Crippen molar-refractivity contribution >= 4 is 23.7 Å². The molecule has 0 radical (unpaired) electrons. The molecule has 6 rings (SSSR count). The minimum atomic E-state index is -1.32. The van der Waals surface area contributed by atoms with Gasteiger partial charge in [0.1, 0.15) is 29.2 Å². The van der Waals surface area contributed by atoms with Crippen molar-refractivity contribution in [3.8, 4) is 0 Å². The van der Waals surface area contributed by atoms with E-state index in [1.165, 1.54) is 19.5 Å². The number of hydrogen-bond acceptors (Lipinski definition) is 10. The number of furan rings is 1. The van der Waals surface area contributed by atoms with E-state index in [-0.39, 0.29) is 25.0 Å². The molecule has 4 heterocycles. The highest BCUT2D eigenvalue weighted by Crippen LogP contribution is 2.75. The molecule has 5 fully saturated rings. The van der Waals surface area contributed by atoms with Gasteiger partial charge in [-0.1, -0.05) is 6.92 Å². The molecular formula is C27H32O10. The van der Waals surface area contributed by atoms with E-state index in [2.05, 4.69) is 0 Å². The summed E-state index contributed by atoms with van der Waals surface area (Å²) in [5.74, 6) is -3.70. The molecule has 1 N–H and O–H groups in total. The lowest BCUT2D eigenvalue weighted by Gasteiger charge is -2.64. The van der Waals surface area contributed by atoms with Gasteiger partial charge in [-0.05, 0) is 33.3 Å². The van der Waals surface area contributed by atoms with Gasteiger partial charge in [0.25, 0.3) is 0 Å². The van der Waals surface area contributed by atoms with Gasteiger partial charge in [0.05, 0.1) is 30.5 Å². The van der Waals surface area contributed by atoms with E-state index < -0.39 is 82.1 Å². The number of cyclic esters (lactones) is 2. The van der Waals surface area contributed by atoms with Crippen molar-refractivity contribution in [2.45, 2.75) is 89.5 Å². The van der Waals surface area contributed by atoms with Crippen molar-refractivity contribution in [2.75, 3.05) is 0 Å². The molecule has 200 valence electrons. The van der Waals surface area contributed by atoms with E-state index in [1.807, 2.05) is 6.92 Å². The number of aliphatic hydroxyl groups excluding tert-OH is 1. The third-order valence-corrected chi connectivity index (χ3v) is 10.2. The zero-order valence-electron chi connectivity index (χ0n) is 21.5. The highest BCUT2D eigenvalue weighted by atomic mass is 16.7. The molecular weight excluding hydrogens is 484 g/mol. The van der Waals surface area contributed by atoms with Crippen LogP contribution in [0.1, 0.15) is 65.5 Å². The van der Waals surface area contributed by atoms with Gasteiger partial charge in [0.15, 0.2) is 6.10 Å². The highest BCUT2D eigenvalue weighted by molar-refractivity contribution is 5.93. The van der Waals surface area contributed by atoms with Crippen LogP contribution in [-0.4, -0.2) is 58.3 Å². The molecule has 1 aromatic heterocycles. The first kappa shape index (κ1) is 24.6. The van der Waals surface area contributed by atoms with Crippen molar-refractivity contribution in [3.05, 3.63) is 24.2 Å². The zero-order valence-corrected chi connectivity index (χ0v) is 21.5. The molecule has 37 heavy (non-hydrogen) atoms. The summed E-state index contributed by atoms with van der Waals surface area (Å²) in [5.41, 5.74) is -4.02. The van der Waals surface area contributed by atoms with Gasteiger partial charge in [-0.3, -0.25) is 14.4 Å². The number of rotatable bonds is 2. The Morgan fingerprint density at radius 3 is 2.51 bits per heavy atom. The monoisotopic (exact) mass is 516 g/mol. The molecule has 0 aromatic carbocycles. The predicted octanol–water partition coefficient (Wildman–Crippen LogP) is 2.27. The Kier molecular flexibility index (Phi) is 4.95. The summed E-state index contributed by atoms with van der Waals surface area (Å²) in [6, 6.07) is 1.70. The van der Waals surface area contributed by atoms with Crippen LogP contribution in [0.4, 0.5) is 0 Å². The van der Waals surface area contributed by atoms with Crippen LogP contribution in [0.3, 0.4) is 0 Å². The Bertz CT molecular complexity index is 1190. The third-order valence-electron chi connectivity index (χ3n) is 10.2. The number of carbonyl (C=O) groups is 4. The molecule has 10 atom stereocenters. The van der Waals surface area contributed by atoms with Gasteiger partial charge in [-0.2, -0.15) is 0 Å². The number of fused-ring (bicyclic) bond motifs is 3. The van der Waals surface area contributed by atoms with Crippen LogP contribution in [0.15, 0.2) is 23.0 Å². The molecule has 3 saturated heterocycles. The summed E-state index contributed by atoms with van der Waals surface area (Å²) in [5, 5.41) is 11.9. The molecule has 2 aliphatic carbocycles. The second-order valence-electron chi connectivity index (χ2n) is 12.2. The minimum absolute atomic E-state index is 0.00421. The molecule has 0 amide bonds. The summed E-state index contributed by atoms with van der Waals surface area (Å²) in [6.45, 7) is 8.40. The van der Waals surface area contributed by atoms with Crippen LogP contribution < -0.4 is 0 Å². The largest absolute Gasteiger partial charge is 0.472 e. The number of Topliss-reactive ketones (excluding diaryl/α,β-unsaturated/α-hetero) is 1. The topological polar surface area (TPSA) is 142 Å². The van der Waals surface area contributed by atoms with E-state index in [4.69, 9.17) is 23.4 Å². The maximum atomic E-state index is 14.3. The average Bonchev–Trinajstić information content (AvgIpc) is 3.35. The average molecular weight is 517 g/mol. The minimum Gasteiger partial charge on any atom is -0.472 e. The summed E-state index contributed by atoms with van der Waals surface area (Å²) in [4.78, 5) is 52.4. The van der Waals surface area contributed by atoms with Gasteiger partial charge in [-0.15, -0.1) is 0 Å². The fourth-order valence-electron chi connectivity index (χ4n) is 8.83. The SMILES string of the molecule is CC(=O)O[C@H]1CC(=O)OC(C)(C)[C@@H]2CC(=O)[C@]3(C)[C@H]([C@@H](O)CC4[C@H](c5ccoc5)OC(=O)[C@H]5O[C@@]453)[C@@]12C. The summed E-state index contributed by atoms with van der Waals surface area (Å²) < 4.78 is 28.7. The van der Waals surface area contributed by atoms with Gasteiger partial charge in [0, 0.05) is 42.1 Å². The molecule has 5 aliphatic rings. The third kappa shape index (κ3) is 2.94. The van der Waals surface area contributed by atoms with Crippen LogP contribution in [0.2, 0.25) is 0 Å². The Labute approximate surface area is 213 Å². The maximum absolute atomic E-state index is 14.3. The van der Waals surface area contributed by atoms with Crippen molar-refractivity contribution in [3.63, 3.8) is 0 Å². The number of esters is 3. The van der Waals surface area contributed by atoms with Crippen LogP contribution in [0, 0.1) is 28.6 Å². The molecule has 1 spiro atoms. The van der Waals surface area contributed by atoms with E-state index in [0.717, 1.165) is 0 Å². The van der Waals surface area contributed by atoms with Crippen molar-refractivity contribution < 1.29 is 47.6 Å². The van der Waals surface area contributed by atoms with Crippen molar-refractivity contribution in [1.29, 1.82) is 0 Å². The number of ether oxygens (including phenoxy) is 4. The number of epoxide rings is 1. The number of carbonyl (C=O) groups excluding carboxylic acids is 4. The van der Waals surface area contributed by atoms with E-state index in [0.29, 0.717) is 5.56 Å². The quantitative estimate of drug-likeness (QED) is 0.353.